The Bertz CT molecular complexity index is 980. The summed E-state index contributed by atoms with van der Waals surface area (Å²) >= 11 is 0. The average Bonchev–Trinajstić information content (AvgIpc) is 2.82. The average molecular weight is 474 g/mol. The van der Waals surface area contributed by atoms with Crippen LogP contribution < -0.4 is 10.4 Å². The molecular weight excluding hydrogens is 434 g/mol. The van der Waals surface area contributed by atoms with Gasteiger partial charge in [-0.15, -0.1) is 0 Å². The van der Waals surface area contributed by atoms with Crippen molar-refractivity contribution in [2.75, 3.05) is 13.2 Å². The Morgan fingerprint density at radius 3 is 1.82 bits per heavy atom. The summed E-state index contributed by atoms with van der Waals surface area (Å²) in [6, 6.07) is 32.7. The van der Waals surface area contributed by atoms with Crippen molar-refractivity contribution in [3.05, 3.63) is 96.6 Å². The molecule has 3 atom stereocenters. The topological polar surface area (TPSA) is 21.7 Å². The summed E-state index contributed by atoms with van der Waals surface area (Å²) in [5.74, 6) is 0. The molecule has 0 N–H and O–H groups in total. The standard InChI is InChI=1S/C30H39NO2Si/c1-24-21-31(22-26-15-9-6-10-16-26)29(25(2)33-24)23-32-34(30(3,4)5,27-17-11-7-12-18-27)28-19-13-8-14-20-28/h6-20,24-25,29H,21-23H2,1-5H3/t24-,25+,29-/m1/s1. The van der Waals surface area contributed by atoms with E-state index in [2.05, 4.69) is 131 Å². The molecule has 4 rings (SSSR count). The zero-order chi connectivity index (χ0) is 24.2. The lowest BCUT2D eigenvalue weighted by molar-refractivity contribution is -0.117. The molecule has 0 aliphatic carbocycles. The first-order chi connectivity index (χ1) is 16.3. The monoisotopic (exact) mass is 473 g/mol. The van der Waals surface area contributed by atoms with E-state index >= 15 is 0 Å². The van der Waals surface area contributed by atoms with E-state index in [0.29, 0.717) is 6.61 Å². The molecule has 1 aliphatic rings. The van der Waals surface area contributed by atoms with E-state index in [1.165, 1.54) is 15.9 Å². The molecule has 3 aromatic rings. The van der Waals surface area contributed by atoms with Crippen molar-refractivity contribution >= 4 is 18.7 Å². The molecule has 1 fully saturated rings. The van der Waals surface area contributed by atoms with Gasteiger partial charge >= 0.3 is 0 Å². The maximum atomic E-state index is 7.30. The lowest BCUT2D eigenvalue weighted by atomic mass is 10.1. The molecular formula is C30H39NO2Si. The van der Waals surface area contributed by atoms with Crippen LogP contribution >= 0.6 is 0 Å². The Labute approximate surface area is 206 Å². The lowest BCUT2D eigenvalue weighted by Crippen LogP contribution is -2.68. The molecule has 4 heteroatoms. The first-order valence-corrected chi connectivity index (χ1v) is 14.4. The van der Waals surface area contributed by atoms with E-state index in [-0.39, 0.29) is 23.3 Å². The Morgan fingerprint density at radius 1 is 0.824 bits per heavy atom. The molecule has 1 heterocycles. The summed E-state index contributed by atoms with van der Waals surface area (Å²) in [6.45, 7) is 13.9. The molecule has 0 saturated carbocycles. The van der Waals surface area contributed by atoms with Gasteiger partial charge in [0.1, 0.15) is 0 Å². The van der Waals surface area contributed by atoms with Gasteiger partial charge in [0.05, 0.1) is 24.9 Å². The Balaban J connectivity index is 1.69. The van der Waals surface area contributed by atoms with Crippen LogP contribution in [-0.2, 0) is 15.7 Å². The zero-order valence-electron chi connectivity index (χ0n) is 21.3. The molecule has 1 aliphatic heterocycles. The molecule has 0 unspecified atom stereocenters. The van der Waals surface area contributed by atoms with E-state index in [1.807, 2.05) is 0 Å². The van der Waals surface area contributed by atoms with Crippen LogP contribution in [0.1, 0.15) is 40.2 Å². The summed E-state index contributed by atoms with van der Waals surface area (Å²) < 4.78 is 13.6. The number of hydrogen-bond acceptors (Lipinski definition) is 3. The van der Waals surface area contributed by atoms with E-state index in [9.17, 15) is 0 Å². The van der Waals surface area contributed by atoms with Crippen LogP contribution in [0.3, 0.4) is 0 Å². The second-order valence-electron chi connectivity index (χ2n) is 10.6. The molecule has 3 aromatic carbocycles. The number of ether oxygens (including phenoxy) is 1. The smallest absolute Gasteiger partial charge is 0.261 e. The zero-order valence-corrected chi connectivity index (χ0v) is 22.3. The van der Waals surface area contributed by atoms with E-state index in [1.54, 1.807) is 0 Å². The second-order valence-corrected chi connectivity index (χ2v) is 14.9. The van der Waals surface area contributed by atoms with Crippen molar-refractivity contribution in [3.63, 3.8) is 0 Å². The minimum atomic E-state index is -2.58. The normalized spacial score (nSPS) is 22.0. The first kappa shape index (κ1) is 24.9. The summed E-state index contributed by atoms with van der Waals surface area (Å²) in [5.41, 5.74) is 1.33. The number of nitrogens with zero attached hydrogens (tertiary/aromatic N) is 1. The van der Waals surface area contributed by atoms with E-state index < -0.39 is 8.32 Å². The number of hydrogen-bond donors (Lipinski definition) is 0. The summed E-state index contributed by atoms with van der Waals surface area (Å²) in [4.78, 5) is 2.56. The van der Waals surface area contributed by atoms with Crippen LogP contribution in [0.25, 0.3) is 0 Å². The van der Waals surface area contributed by atoms with Crippen LogP contribution in [0.2, 0.25) is 5.04 Å². The minimum absolute atomic E-state index is 0.0357. The van der Waals surface area contributed by atoms with Gasteiger partial charge in [0, 0.05) is 13.1 Å². The third-order valence-corrected chi connectivity index (χ3v) is 12.1. The summed E-state index contributed by atoms with van der Waals surface area (Å²) in [7, 11) is -2.58. The van der Waals surface area contributed by atoms with Crippen LogP contribution in [-0.4, -0.2) is 44.6 Å². The van der Waals surface area contributed by atoms with Crippen molar-refractivity contribution < 1.29 is 9.16 Å². The Morgan fingerprint density at radius 2 is 1.32 bits per heavy atom. The predicted molar refractivity (Wildman–Crippen MR) is 144 cm³/mol. The molecule has 0 bridgehead atoms. The van der Waals surface area contributed by atoms with Crippen molar-refractivity contribution in [2.45, 2.75) is 64.5 Å². The van der Waals surface area contributed by atoms with Crippen LogP contribution in [0, 0.1) is 0 Å². The van der Waals surface area contributed by atoms with Gasteiger partial charge in [-0.25, -0.2) is 0 Å². The highest BCUT2D eigenvalue weighted by Crippen LogP contribution is 2.37. The Hall–Kier alpha value is -2.24. The lowest BCUT2D eigenvalue weighted by Gasteiger charge is -2.47. The molecule has 34 heavy (non-hydrogen) atoms. The molecule has 1 saturated heterocycles. The number of benzene rings is 3. The van der Waals surface area contributed by atoms with Crippen molar-refractivity contribution in [1.82, 2.24) is 4.90 Å². The quantitative estimate of drug-likeness (QED) is 0.438. The second kappa shape index (κ2) is 10.6. The first-order valence-electron chi connectivity index (χ1n) is 12.5. The maximum Gasteiger partial charge on any atom is 0.261 e. The molecule has 0 aromatic heterocycles. The van der Waals surface area contributed by atoms with Crippen LogP contribution in [0.5, 0.6) is 0 Å². The van der Waals surface area contributed by atoms with Gasteiger partial charge in [-0.1, -0.05) is 112 Å². The van der Waals surface area contributed by atoms with Gasteiger partial charge in [-0.2, -0.15) is 0 Å². The molecule has 0 spiro atoms. The predicted octanol–water partition coefficient (Wildman–Crippen LogP) is 5.24. The van der Waals surface area contributed by atoms with E-state index in [4.69, 9.17) is 9.16 Å². The van der Waals surface area contributed by atoms with Gasteiger partial charge in [0.2, 0.25) is 0 Å². The van der Waals surface area contributed by atoms with Gasteiger partial charge in [0.15, 0.2) is 0 Å². The van der Waals surface area contributed by atoms with Gasteiger partial charge < -0.3 is 9.16 Å². The highest BCUT2D eigenvalue weighted by molar-refractivity contribution is 6.99. The highest BCUT2D eigenvalue weighted by atomic mass is 28.4. The maximum absolute atomic E-state index is 7.30. The van der Waals surface area contributed by atoms with Crippen LogP contribution in [0.15, 0.2) is 91.0 Å². The van der Waals surface area contributed by atoms with Crippen molar-refractivity contribution in [3.8, 4) is 0 Å². The third kappa shape index (κ3) is 5.21. The van der Waals surface area contributed by atoms with Crippen LogP contribution in [0.4, 0.5) is 0 Å². The highest BCUT2D eigenvalue weighted by Gasteiger charge is 2.51. The Kier molecular flexibility index (Phi) is 7.73. The molecule has 0 radical (unpaired) electrons. The van der Waals surface area contributed by atoms with Crippen molar-refractivity contribution in [2.24, 2.45) is 0 Å². The molecule has 3 nitrogen and oxygen atoms in total. The number of rotatable bonds is 7. The van der Waals surface area contributed by atoms with Crippen molar-refractivity contribution in [1.29, 1.82) is 0 Å². The fourth-order valence-electron chi connectivity index (χ4n) is 5.48. The fraction of sp³-hybridized carbons (Fsp3) is 0.400. The van der Waals surface area contributed by atoms with Gasteiger partial charge in [-0.05, 0) is 34.8 Å². The largest absolute Gasteiger partial charge is 0.406 e. The number of morpholine rings is 1. The summed E-state index contributed by atoms with van der Waals surface area (Å²) in [6.07, 6.45) is 0.313. The fourth-order valence-corrected chi connectivity index (χ4v) is 10.1. The molecule has 0 amide bonds. The third-order valence-electron chi connectivity index (χ3n) is 7.07. The SMILES string of the molecule is C[C@@H]1CN(Cc2ccccc2)[C@H](CO[Si](c2ccccc2)(c2ccccc2)C(C)(C)C)[C@H](C)O1. The van der Waals surface area contributed by atoms with Gasteiger partial charge in [-0.3, -0.25) is 4.90 Å². The summed E-state index contributed by atoms with van der Waals surface area (Å²) in [5, 5.41) is 2.61. The van der Waals surface area contributed by atoms with Gasteiger partial charge in [0.25, 0.3) is 8.32 Å². The van der Waals surface area contributed by atoms with E-state index in [0.717, 1.165) is 13.1 Å². The molecule has 180 valence electrons. The minimum Gasteiger partial charge on any atom is -0.406 e.